The Hall–Kier alpha value is -3.06. The Labute approximate surface area is 192 Å². The van der Waals surface area contributed by atoms with Crippen LogP contribution in [0.2, 0.25) is 0 Å². The number of carbonyl (C=O) groups excluding carboxylic acids is 2. The van der Waals surface area contributed by atoms with Gasteiger partial charge in [0.2, 0.25) is 11.8 Å². The van der Waals surface area contributed by atoms with E-state index in [4.69, 9.17) is 4.42 Å². The van der Waals surface area contributed by atoms with Crippen LogP contribution < -0.4 is 5.32 Å². The summed E-state index contributed by atoms with van der Waals surface area (Å²) in [5.41, 5.74) is 2.36. The zero-order chi connectivity index (χ0) is 22.3. The molecule has 0 aliphatic carbocycles. The van der Waals surface area contributed by atoms with Gasteiger partial charge in [0.15, 0.2) is 0 Å². The van der Waals surface area contributed by atoms with Crippen LogP contribution in [0.15, 0.2) is 63.9 Å². The molecule has 1 aliphatic heterocycles. The summed E-state index contributed by atoms with van der Waals surface area (Å²) in [5, 5.41) is 2.92. The SMILES string of the molecule is Cc1oc(-c2ccc(C(=O)NCCCN3CCCC3=O)cc2)nc1CSc1ccccc1. The van der Waals surface area contributed by atoms with Crippen LogP contribution in [-0.4, -0.2) is 41.3 Å². The Bertz CT molecular complexity index is 1060. The van der Waals surface area contributed by atoms with Crippen LogP contribution in [0.5, 0.6) is 0 Å². The fourth-order valence-corrected chi connectivity index (χ4v) is 4.55. The summed E-state index contributed by atoms with van der Waals surface area (Å²) >= 11 is 1.72. The molecule has 1 aromatic heterocycles. The lowest BCUT2D eigenvalue weighted by Gasteiger charge is -2.15. The van der Waals surface area contributed by atoms with Crippen molar-refractivity contribution in [2.24, 2.45) is 0 Å². The molecular formula is C25H27N3O3S. The van der Waals surface area contributed by atoms with Crippen molar-refractivity contribution in [3.05, 3.63) is 71.6 Å². The highest BCUT2D eigenvalue weighted by molar-refractivity contribution is 7.98. The smallest absolute Gasteiger partial charge is 0.251 e. The van der Waals surface area contributed by atoms with Crippen molar-refractivity contribution in [3.63, 3.8) is 0 Å². The van der Waals surface area contributed by atoms with Gasteiger partial charge in [-0.15, -0.1) is 11.8 Å². The molecule has 2 aromatic carbocycles. The molecule has 3 aromatic rings. The number of rotatable bonds is 9. The molecule has 0 bridgehead atoms. The Morgan fingerprint density at radius 1 is 1.16 bits per heavy atom. The van der Waals surface area contributed by atoms with Crippen LogP contribution in [0.4, 0.5) is 0 Å². The average Bonchev–Trinajstić information content (AvgIpc) is 3.40. The van der Waals surface area contributed by atoms with Crippen molar-refractivity contribution in [1.29, 1.82) is 0 Å². The fourth-order valence-electron chi connectivity index (χ4n) is 3.63. The number of oxazole rings is 1. The molecule has 0 saturated carbocycles. The predicted molar refractivity (Wildman–Crippen MR) is 125 cm³/mol. The average molecular weight is 450 g/mol. The maximum Gasteiger partial charge on any atom is 0.251 e. The fraction of sp³-hybridized carbons (Fsp3) is 0.320. The lowest BCUT2D eigenvalue weighted by Crippen LogP contribution is -2.30. The quantitative estimate of drug-likeness (QED) is 0.379. The molecule has 4 rings (SSSR count). The van der Waals surface area contributed by atoms with Crippen molar-refractivity contribution in [2.45, 2.75) is 36.8 Å². The highest BCUT2D eigenvalue weighted by atomic mass is 32.2. The summed E-state index contributed by atoms with van der Waals surface area (Å²) in [7, 11) is 0. The van der Waals surface area contributed by atoms with Gasteiger partial charge >= 0.3 is 0 Å². The third-order valence-electron chi connectivity index (χ3n) is 5.47. The number of nitrogens with zero attached hydrogens (tertiary/aromatic N) is 2. The lowest BCUT2D eigenvalue weighted by atomic mass is 10.1. The number of hydrogen-bond donors (Lipinski definition) is 1. The van der Waals surface area contributed by atoms with Crippen LogP contribution in [0, 0.1) is 6.92 Å². The molecule has 1 N–H and O–H groups in total. The molecule has 1 aliphatic rings. The number of hydrogen-bond acceptors (Lipinski definition) is 5. The van der Waals surface area contributed by atoms with Gasteiger partial charge in [0.05, 0.1) is 5.69 Å². The molecule has 2 amide bonds. The molecule has 1 fully saturated rings. The van der Waals surface area contributed by atoms with E-state index in [9.17, 15) is 9.59 Å². The van der Waals surface area contributed by atoms with Crippen molar-refractivity contribution in [1.82, 2.24) is 15.2 Å². The summed E-state index contributed by atoms with van der Waals surface area (Å²) in [4.78, 5) is 31.7. The third-order valence-corrected chi connectivity index (χ3v) is 6.49. The number of thioether (sulfide) groups is 1. The standard InChI is InChI=1S/C25H27N3O3S/c1-18-22(17-32-21-7-3-2-4-8-21)27-25(31-18)20-12-10-19(11-13-20)24(30)26-14-6-16-28-15-5-9-23(28)29/h2-4,7-8,10-13H,5-6,9,14-17H2,1H3,(H,26,30). The van der Waals surface area contributed by atoms with E-state index >= 15 is 0 Å². The van der Waals surface area contributed by atoms with E-state index in [1.54, 1.807) is 23.9 Å². The van der Waals surface area contributed by atoms with E-state index in [0.717, 1.165) is 42.2 Å². The van der Waals surface area contributed by atoms with Crippen molar-refractivity contribution < 1.29 is 14.0 Å². The number of carbonyl (C=O) groups is 2. The van der Waals surface area contributed by atoms with Gasteiger partial charge in [-0.2, -0.15) is 0 Å². The third kappa shape index (κ3) is 5.59. The summed E-state index contributed by atoms with van der Waals surface area (Å²) in [6.45, 7) is 4.01. The maximum absolute atomic E-state index is 12.4. The zero-order valence-corrected chi connectivity index (χ0v) is 19.0. The molecule has 1 saturated heterocycles. The highest BCUT2D eigenvalue weighted by Crippen LogP contribution is 2.27. The Kier molecular flexibility index (Phi) is 7.27. The van der Waals surface area contributed by atoms with Crippen molar-refractivity contribution in [2.75, 3.05) is 19.6 Å². The number of benzene rings is 2. The molecule has 0 atom stereocenters. The molecule has 0 spiro atoms. The minimum absolute atomic E-state index is 0.118. The molecule has 0 unspecified atom stereocenters. The number of aromatic nitrogens is 1. The van der Waals surface area contributed by atoms with E-state index in [0.29, 0.717) is 31.0 Å². The van der Waals surface area contributed by atoms with E-state index in [1.165, 1.54) is 4.90 Å². The normalized spacial score (nSPS) is 13.5. The van der Waals surface area contributed by atoms with Crippen LogP contribution >= 0.6 is 11.8 Å². The van der Waals surface area contributed by atoms with Crippen LogP contribution in [0.3, 0.4) is 0 Å². The van der Waals surface area contributed by atoms with Gasteiger partial charge in [-0.1, -0.05) is 18.2 Å². The molecule has 7 heteroatoms. The molecule has 166 valence electrons. The second-order valence-corrected chi connectivity index (χ2v) is 8.84. The first-order chi connectivity index (χ1) is 15.6. The van der Waals surface area contributed by atoms with Gasteiger partial charge < -0.3 is 14.6 Å². The Balaban J connectivity index is 1.29. The summed E-state index contributed by atoms with van der Waals surface area (Å²) in [6, 6.07) is 17.5. The minimum Gasteiger partial charge on any atom is -0.441 e. The number of amides is 2. The monoisotopic (exact) mass is 449 g/mol. The summed E-state index contributed by atoms with van der Waals surface area (Å²) in [6.07, 6.45) is 2.35. The molecule has 6 nitrogen and oxygen atoms in total. The van der Waals surface area contributed by atoms with Crippen LogP contribution in [-0.2, 0) is 10.5 Å². The van der Waals surface area contributed by atoms with Crippen molar-refractivity contribution in [3.8, 4) is 11.5 Å². The first kappa shape index (κ1) is 22.1. The van der Waals surface area contributed by atoms with Crippen molar-refractivity contribution >= 4 is 23.6 Å². The highest BCUT2D eigenvalue weighted by Gasteiger charge is 2.19. The lowest BCUT2D eigenvalue weighted by molar-refractivity contribution is -0.127. The molecular weight excluding hydrogens is 422 g/mol. The van der Waals surface area contributed by atoms with E-state index in [-0.39, 0.29) is 11.8 Å². The first-order valence-electron chi connectivity index (χ1n) is 10.9. The van der Waals surface area contributed by atoms with Gasteiger partial charge in [-0.05, 0) is 56.2 Å². The number of nitrogens with one attached hydrogen (secondary N) is 1. The molecule has 0 radical (unpaired) electrons. The zero-order valence-electron chi connectivity index (χ0n) is 18.2. The maximum atomic E-state index is 12.4. The predicted octanol–water partition coefficient (Wildman–Crippen LogP) is 4.68. The second kappa shape index (κ2) is 10.5. The van der Waals surface area contributed by atoms with E-state index in [1.807, 2.05) is 42.2 Å². The Morgan fingerprint density at radius 3 is 2.66 bits per heavy atom. The Morgan fingerprint density at radius 2 is 1.94 bits per heavy atom. The van der Waals surface area contributed by atoms with Gasteiger partial charge in [0.1, 0.15) is 5.76 Å². The van der Waals surface area contributed by atoms with Gasteiger partial charge in [0.25, 0.3) is 5.91 Å². The minimum atomic E-state index is -0.118. The summed E-state index contributed by atoms with van der Waals surface area (Å²) in [5.74, 6) is 2.21. The van der Waals surface area contributed by atoms with Gasteiger partial charge in [0, 0.05) is 47.8 Å². The first-order valence-corrected chi connectivity index (χ1v) is 11.9. The molecule has 2 heterocycles. The topological polar surface area (TPSA) is 75.4 Å². The van der Waals surface area contributed by atoms with E-state index in [2.05, 4.69) is 22.4 Å². The summed E-state index contributed by atoms with van der Waals surface area (Å²) < 4.78 is 5.87. The van der Waals surface area contributed by atoms with E-state index < -0.39 is 0 Å². The van der Waals surface area contributed by atoms with Crippen LogP contribution in [0.25, 0.3) is 11.5 Å². The van der Waals surface area contributed by atoms with Gasteiger partial charge in [-0.3, -0.25) is 9.59 Å². The number of aryl methyl sites for hydroxylation is 1. The van der Waals surface area contributed by atoms with Crippen LogP contribution in [0.1, 0.15) is 41.1 Å². The number of likely N-dealkylation sites (tertiary alicyclic amines) is 1. The largest absolute Gasteiger partial charge is 0.441 e. The second-order valence-electron chi connectivity index (χ2n) is 7.79. The molecule has 32 heavy (non-hydrogen) atoms. The van der Waals surface area contributed by atoms with Gasteiger partial charge in [-0.25, -0.2) is 4.98 Å².